The number of hydrogen-bond acceptors (Lipinski definition) is 3. The van der Waals surface area contributed by atoms with Gasteiger partial charge in [0.2, 0.25) is 0 Å². The van der Waals surface area contributed by atoms with Crippen molar-refractivity contribution in [1.29, 1.82) is 0 Å². The van der Waals surface area contributed by atoms with Crippen LogP contribution in [-0.2, 0) is 11.5 Å². The number of carboxylic acids is 1. The highest BCUT2D eigenvalue weighted by Gasteiger charge is 2.44. The lowest BCUT2D eigenvalue weighted by atomic mass is 9.78. The smallest absolute Gasteiger partial charge is 0.391 e. The average molecular weight is 522 g/mol. The Kier molecular flexibility index (Phi) is 7.07. The highest BCUT2D eigenvalue weighted by atomic mass is 19.4. The van der Waals surface area contributed by atoms with E-state index in [2.05, 4.69) is 0 Å². The van der Waals surface area contributed by atoms with Crippen LogP contribution in [-0.4, -0.2) is 46.2 Å². The summed E-state index contributed by atoms with van der Waals surface area (Å²) in [5.74, 6) is -2.46. The number of piperidine rings is 2. The lowest BCUT2D eigenvalue weighted by Crippen LogP contribution is -2.55. The number of alkyl halides is 4. The van der Waals surface area contributed by atoms with E-state index in [1.54, 1.807) is 30.3 Å². The normalized spacial score (nSPS) is 28.2. The van der Waals surface area contributed by atoms with Gasteiger partial charge in [-0.25, -0.2) is 4.39 Å². The number of halogens is 4. The van der Waals surface area contributed by atoms with Gasteiger partial charge in [0, 0.05) is 23.2 Å². The summed E-state index contributed by atoms with van der Waals surface area (Å²) in [5, 5.41) is 10.8. The fourth-order valence-corrected chi connectivity index (χ4v) is 6.49. The number of hydrogen-bond donors (Lipinski definition) is 1. The molecule has 0 aromatic heterocycles. The highest BCUT2D eigenvalue weighted by Crippen LogP contribution is 2.41. The van der Waals surface area contributed by atoms with E-state index < -0.39 is 36.8 Å². The van der Waals surface area contributed by atoms with Crippen LogP contribution in [0.5, 0.6) is 5.75 Å². The van der Waals surface area contributed by atoms with E-state index in [0.29, 0.717) is 29.5 Å². The number of rotatable bonds is 5. The topological polar surface area (TPSA) is 66.8 Å². The standard InChI is InChI=1S/C28H31F4NO4/c29-15-24-23-14-17(26(34)33-20-2-1-3-21(33)13-18(12-20)27(35)36)5-4-16(23)6-11-25(24)37-22-9-7-19(8-10-22)28(30,31)32/h4-6,11,14,18-22H,1-3,7-10,12-13,15H2,(H,35,36). The number of fused-ring (bicyclic) bond motifs is 3. The lowest BCUT2D eigenvalue weighted by molar-refractivity contribution is -0.185. The summed E-state index contributed by atoms with van der Waals surface area (Å²) in [7, 11) is 0. The number of amides is 1. The van der Waals surface area contributed by atoms with Gasteiger partial charge in [-0.1, -0.05) is 12.1 Å². The number of carbonyl (C=O) groups is 2. The van der Waals surface area contributed by atoms with Crippen LogP contribution in [0.3, 0.4) is 0 Å². The Morgan fingerprint density at radius 3 is 2.22 bits per heavy atom. The molecule has 2 aromatic rings. The molecule has 2 unspecified atom stereocenters. The largest absolute Gasteiger partial charge is 0.490 e. The molecule has 3 fully saturated rings. The first kappa shape index (κ1) is 25.8. The molecule has 2 atom stereocenters. The second-order valence-electron chi connectivity index (χ2n) is 10.7. The van der Waals surface area contributed by atoms with Crippen LogP contribution in [0.1, 0.15) is 73.7 Å². The Balaban J connectivity index is 1.38. The van der Waals surface area contributed by atoms with E-state index >= 15 is 0 Å². The van der Waals surface area contributed by atoms with Crippen molar-refractivity contribution in [1.82, 2.24) is 4.90 Å². The molecule has 1 N–H and O–H groups in total. The Morgan fingerprint density at radius 2 is 1.62 bits per heavy atom. The van der Waals surface area contributed by atoms with Gasteiger partial charge in [0.15, 0.2) is 0 Å². The second kappa shape index (κ2) is 10.1. The van der Waals surface area contributed by atoms with Crippen molar-refractivity contribution in [2.24, 2.45) is 11.8 Å². The van der Waals surface area contributed by atoms with Crippen LogP contribution in [0.2, 0.25) is 0 Å². The number of carboxylic acid groups (broad SMARTS) is 1. The number of carbonyl (C=O) groups excluding carboxylic acids is 1. The summed E-state index contributed by atoms with van der Waals surface area (Å²) < 4.78 is 59.3. The predicted molar refractivity (Wildman–Crippen MR) is 129 cm³/mol. The first-order valence-corrected chi connectivity index (χ1v) is 13.1. The van der Waals surface area contributed by atoms with Gasteiger partial charge in [-0.2, -0.15) is 13.2 Å². The maximum Gasteiger partial charge on any atom is 0.391 e. The Labute approximate surface area is 212 Å². The number of aliphatic carboxylic acids is 1. The third kappa shape index (κ3) is 5.14. The van der Waals surface area contributed by atoms with Crippen molar-refractivity contribution in [2.75, 3.05) is 0 Å². The third-order valence-corrected chi connectivity index (χ3v) is 8.46. The Hall–Kier alpha value is -2.84. The average Bonchev–Trinajstić information content (AvgIpc) is 2.86. The van der Waals surface area contributed by atoms with Gasteiger partial charge in [0.25, 0.3) is 5.91 Å². The number of benzene rings is 2. The van der Waals surface area contributed by atoms with Crippen LogP contribution in [0.25, 0.3) is 10.8 Å². The SMILES string of the molecule is O=C(O)C1CC2CCCC(C1)N2C(=O)c1ccc2ccc(OC3CCC(C(F)(F)F)CC3)c(CF)c2c1. The van der Waals surface area contributed by atoms with Crippen molar-refractivity contribution in [2.45, 2.75) is 88.8 Å². The van der Waals surface area contributed by atoms with E-state index in [4.69, 9.17) is 4.74 Å². The zero-order chi connectivity index (χ0) is 26.3. The van der Waals surface area contributed by atoms with E-state index in [0.717, 1.165) is 24.6 Å². The molecule has 3 aliphatic rings. The molecule has 2 aromatic carbocycles. The molecule has 9 heteroatoms. The Bertz CT molecular complexity index is 1160. The summed E-state index contributed by atoms with van der Waals surface area (Å²) in [5.41, 5.74) is 0.700. The molecule has 5 nitrogen and oxygen atoms in total. The first-order valence-electron chi connectivity index (χ1n) is 13.1. The van der Waals surface area contributed by atoms with Gasteiger partial charge >= 0.3 is 12.1 Å². The summed E-state index contributed by atoms with van der Waals surface area (Å²) in [6.45, 7) is -0.836. The van der Waals surface area contributed by atoms with Crippen molar-refractivity contribution in [3.63, 3.8) is 0 Å². The fraction of sp³-hybridized carbons (Fsp3) is 0.571. The molecule has 1 saturated carbocycles. The van der Waals surface area contributed by atoms with Crippen LogP contribution in [0.4, 0.5) is 17.6 Å². The van der Waals surface area contributed by atoms with Crippen molar-refractivity contribution < 1.29 is 37.0 Å². The van der Waals surface area contributed by atoms with Crippen LogP contribution >= 0.6 is 0 Å². The summed E-state index contributed by atoms with van der Waals surface area (Å²) in [4.78, 5) is 27.0. The van der Waals surface area contributed by atoms with E-state index in [1.807, 2.05) is 4.90 Å². The van der Waals surface area contributed by atoms with E-state index in [9.17, 15) is 32.3 Å². The van der Waals surface area contributed by atoms with Gasteiger partial charge < -0.3 is 14.7 Å². The first-order chi connectivity index (χ1) is 17.7. The molecule has 2 heterocycles. The van der Waals surface area contributed by atoms with Crippen LogP contribution < -0.4 is 4.74 Å². The molecular formula is C28H31F4NO4. The van der Waals surface area contributed by atoms with Gasteiger partial charge in [0.05, 0.1) is 17.9 Å². The molecule has 0 spiro atoms. The van der Waals surface area contributed by atoms with Gasteiger partial charge in [-0.3, -0.25) is 9.59 Å². The molecule has 2 aliphatic heterocycles. The zero-order valence-corrected chi connectivity index (χ0v) is 20.5. The second-order valence-corrected chi connectivity index (χ2v) is 10.7. The molecule has 37 heavy (non-hydrogen) atoms. The van der Waals surface area contributed by atoms with E-state index in [1.165, 1.54) is 0 Å². The zero-order valence-electron chi connectivity index (χ0n) is 20.5. The van der Waals surface area contributed by atoms with Crippen molar-refractivity contribution in [3.8, 4) is 5.75 Å². The number of ether oxygens (including phenoxy) is 1. The van der Waals surface area contributed by atoms with Gasteiger partial charge in [-0.05, 0) is 86.8 Å². The Morgan fingerprint density at radius 1 is 0.973 bits per heavy atom. The summed E-state index contributed by atoms with van der Waals surface area (Å²) >= 11 is 0. The molecule has 2 saturated heterocycles. The minimum absolute atomic E-state index is 0.00768. The van der Waals surface area contributed by atoms with E-state index in [-0.39, 0.29) is 49.2 Å². The van der Waals surface area contributed by atoms with Gasteiger partial charge in [-0.15, -0.1) is 0 Å². The molecule has 2 bridgehead atoms. The van der Waals surface area contributed by atoms with Crippen LogP contribution in [0, 0.1) is 11.8 Å². The quantitative estimate of drug-likeness (QED) is 0.447. The highest BCUT2D eigenvalue weighted by molar-refractivity contribution is 6.00. The van der Waals surface area contributed by atoms with Crippen molar-refractivity contribution in [3.05, 3.63) is 41.5 Å². The monoisotopic (exact) mass is 521 g/mol. The minimum Gasteiger partial charge on any atom is -0.490 e. The molecule has 1 aliphatic carbocycles. The summed E-state index contributed by atoms with van der Waals surface area (Å²) in [6, 6.07) is 8.31. The molecule has 0 radical (unpaired) electrons. The minimum atomic E-state index is -4.21. The maximum absolute atomic E-state index is 14.3. The van der Waals surface area contributed by atoms with Gasteiger partial charge in [0.1, 0.15) is 12.4 Å². The molecular weight excluding hydrogens is 490 g/mol. The van der Waals surface area contributed by atoms with Crippen molar-refractivity contribution >= 4 is 22.6 Å². The molecule has 200 valence electrons. The lowest BCUT2D eigenvalue weighted by Gasteiger charge is -2.48. The molecule has 5 rings (SSSR count). The predicted octanol–water partition coefficient (Wildman–Crippen LogP) is 6.67. The fourth-order valence-electron chi connectivity index (χ4n) is 6.49. The maximum atomic E-state index is 14.3. The third-order valence-electron chi connectivity index (χ3n) is 8.46. The summed E-state index contributed by atoms with van der Waals surface area (Å²) in [6.07, 6.45) is -0.760. The molecule has 1 amide bonds. The number of nitrogens with zero attached hydrogens (tertiary/aromatic N) is 1. The van der Waals surface area contributed by atoms with Crippen LogP contribution in [0.15, 0.2) is 30.3 Å².